The van der Waals surface area contributed by atoms with E-state index < -0.39 is 12.0 Å². The lowest BCUT2D eigenvalue weighted by molar-refractivity contribution is -0.306. The number of nitrogens with one attached hydrogen (secondary N) is 1. The summed E-state index contributed by atoms with van der Waals surface area (Å²) in [5.41, 5.74) is 1.11. The first-order valence-electron chi connectivity index (χ1n) is 7.88. The van der Waals surface area contributed by atoms with Gasteiger partial charge in [-0.25, -0.2) is 0 Å². The van der Waals surface area contributed by atoms with E-state index in [-0.39, 0.29) is 18.4 Å². The highest BCUT2D eigenvalue weighted by Gasteiger charge is 2.16. The molecule has 2 aromatic carbocycles. The van der Waals surface area contributed by atoms with Crippen LogP contribution in [0.2, 0.25) is 0 Å². The molecule has 0 aliphatic carbocycles. The maximum atomic E-state index is 12.4. The summed E-state index contributed by atoms with van der Waals surface area (Å²) >= 11 is 3.31. The second kappa shape index (κ2) is 8.67. The van der Waals surface area contributed by atoms with Crippen LogP contribution >= 0.6 is 15.9 Å². The quantitative estimate of drug-likeness (QED) is 0.769. The van der Waals surface area contributed by atoms with Crippen molar-refractivity contribution in [2.45, 2.75) is 32.4 Å². The molecule has 5 nitrogen and oxygen atoms in total. The Hall–Kier alpha value is -2.34. The Morgan fingerprint density at radius 2 is 1.84 bits per heavy atom. The molecular formula is C19H19BrNO4-. The summed E-state index contributed by atoms with van der Waals surface area (Å²) in [5.74, 6) is -0.902. The van der Waals surface area contributed by atoms with E-state index in [1.54, 1.807) is 42.5 Å². The van der Waals surface area contributed by atoms with E-state index in [1.165, 1.54) is 0 Å². The maximum absolute atomic E-state index is 12.4. The Morgan fingerprint density at radius 1 is 1.16 bits per heavy atom. The second-order valence-electron chi connectivity index (χ2n) is 5.85. The van der Waals surface area contributed by atoms with Gasteiger partial charge in [0.15, 0.2) is 0 Å². The zero-order valence-corrected chi connectivity index (χ0v) is 15.6. The minimum absolute atomic E-state index is 0.0427. The van der Waals surface area contributed by atoms with Gasteiger partial charge in [-0.2, -0.15) is 0 Å². The van der Waals surface area contributed by atoms with Crippen LogP contribution in [-0.2, 0) is 4.79 Å². The highest BCUT2D eigenvalue weighted by molar-refractivity contribution is 9.10. The lowest BCUT2D eigenvalue weighted by Crippen LogP contribution is -2.34. The molecule has 0 radical (unpaired) electrons. The van der Waals surface area contributed by atoms with Gasteiger partial charge in [-0.15, -0.1) is 0 Å². The van der Waals surface area contributed by atoms with E-state index in [1.807, 2.05) is 19.9 Å². The first-order chi connectivity index (χ1) is 11.8. The summed E-state index contributed by atoms with van der Waals surface area (Å²) < 4.78 is 6.34. The molecule has 1 amide bonds. The topological polar surface area (TPSA) is 78.5 Å². The first kappa shape index (κ1) is 19.0. The fraction of sp³-hybridized carbons (Fsp3) is 0.263. The molecule has 0 unspecified atom stereocenters. The standard InChI is InChI=1S/C19H20BrNO4/c1-12(2)25-16-8-6-13(7-9-16)17(11-18(22)23)21-19(24)14-4-3-5-15(20)10-14/h3-10,12,17H,11H2,1-2H3,(H,21,24)(H,22,23)/p-1/t17-/m0/s1. The third-order valence-corrected chi connectivity index (χ3v) is 3.91. The summed E-state index contributed by atoms with van der Waals surface area (Å²) in [5, 5.41) is 13.8. The molecule has 0 saturated carbocycles. The molecule has 0 saturated heterocycles. The highest BCUT2D eigenvalue weighted by Crippen LogP contribution is 2.22. The van der Waals surface area contributed by atoms with E-state index in [0.717, 1.165) is 4.47 Å². The van der Waals surface area contributed by atoms with E-state index in [9.17, 15) is 14.7 Å². The summed E-state index contributed by atoms with van der Waals surface area (Å²) in [7, 11) is 0. The van der Waals surface area contributed by atoms with Crippen LogP contribution in [0, 0.1) is 0 Å². The summed E-state index contributed by atoms with van der Waals surface area (Å²) in [6, 6.07) is 13.2. The molecule has 0 aliphatic heterocycles. The van der Waals surface area contributed by atoms with Gasteiger partial charge in [-0.1, -0.05) is 34.1 Å². The van der Waals surface area contributed by atoms with Gasteiger partial charge in [0.25, 0.3) is 5.91 Å². The summed E-state index contributed by atoms with van der Waals surface area (Å²) in [6.45, 7) is 3.84. The largest absolute Gasteiger partial charge is 0.550 e. The number of halogens is 1. The van der Waals surface area contributed by atoms with Gasteiger partial charge in [-0.3, -0.25) is 4.79 Å². The van der Waals surface area contributed by atoms with E-state index in [4.69, 9.17) is 4.74 Å². The third kappa shape index (κ3) is 5.90. The Balaban J connectivity index is 2.18. The Kier molecular flexibility index (Phi) is 6.58. The molecule has 0 spiro atoms. The molecule has 0 fully saturated rings. The summed E-state index contributed by atoms with van der Waals surface area (Å²) in [6.07, 6.45) is -0.273. The number of carboxylic acids is 1. The van der Waals surface area contributed by atoms with Crippen LogP contribution in [0.4, 0.5) is 0 Å². The minimum Gasteiger partial charge on any atom is -0.550 e. The van der Waals surface area contributed by atoms with Crippen LogP contribution in [0.1, 0.15) is 42.2 Å². The number of rotatable bonds is 7. The monoisotopic (exact) mass is 404 g/mol. The second-order valence-corrected chi connectivity index (χ2v) is 6.76. The molecule has 2 rings (SSSR count). The lowest BCUT2D eigenvalue weighted by atomic mass is 10.0. The van der Waals surface area contributed by atoms with Crippen molar-refractivity contribution in [1.29, 1.82) is 0 Å². The predicted molar refractivity (Wildman–Crippen MR) is 96.2 cm³/mol. The molecule has 132 valence electrons. The van der Waals surface area contributed by atoms with Crippen molar-refractivity contribution in [3.63, 3.8) is 0 Å². The van der Waals surface area contributed by atoms with Crippen molar-refractivity contribution in [2.24, 2.45) is 0 Å². The molecule has 6 heteroatoms. The Labute approximate surface area is 155 Å². The van der Waals surface area contributed by atoms with E-state index in [2.05, 4.69) is 21.2 Å². The average molecular weight is 405 g/mol. The van der Waals surface area contributed by atoms with E-state index >= 15 is 0 Å². The number of carbonyl (C=O) groups excluding carboxylic acids is 2. The highest BCUT2D eigenvalue weighted by atomic mass is 79.9. The number of aliphatic carboxylic acids is 1. The number of benzene rings is 2. The zero-order valence-electron chi connectivity index (χ0n) is 14.0. The molecule has 0 aromatic heterocycles. The van der Waals surface area contributed by atoms with Crippen molar-refractivity contribution in [2.75, 3.05) is 0 Å². The van der Waals surface area contributed by atoms with Gasteiger partial charge >= 0.3 is 0 Å². The van der Waals surface area contributed by atoms with Gasteiger partial charge in [0.1, 0.15) is 5.75 Å². The van der Waals surface area contributed by atoms with Crippen molar-refractivity contribution in [3.05, 3.63) is 64.1 Å². The van der Waals surface area contributed by atoms with Crippen LogP contribution in [0.15, 0.2) is 53.0 Å². The third-order valence-electron chi connectivity index (χ3n) is 3.42. The van der Waals surface area contributed by atoms with Gasteiger partial charge in [0.2, 0.25) is 0 Å². The van der Waals surface area contributed by atoms with Crippen molar-refractivity contribution >= 4 is 27.8 Å². The van der Waals surface area contributed by atoms with Crippen LogP contribution in [-0.4, -0.2) is 18.0 Å². The molecule has 25 heavy (non-hydrogen) atoms. The molecule has 0 heterocycles. The normalized spacial score (nSPS) is 11.8. The number of carbonyl (C=O) groups is 2. The van der Waals surface area contributed by atoms with Crippen LogP contribution in [0.25, 0.3) is 0 Å². The first-order valence-corrected chi connectivity index (χ1v) is 8.67. The average Bonchev–Trinajstić information content (AvgIpc) is 2.54. The smallest absolute Gasteiger partial charge is 0.251 e. The van der Waals surface area contributed by atoms with Gasteiger partial charge in [0.05, 0.1) is 12.1 Å². The predicted octanol–water partition coefficient (Wildman–Crippen LogP) is 2.85. The Morgan fingerprint density at radius 3 is 2.40 bits per heavy atom. The molecule has 1 N–H and O–H groups in total. The number of amides is 1. The van der Waals surface area contributed by atoms with Crippen LogP contribution in [0.5, 0.6) is 5.75 Å². The lowest BCUT2D eigenvalue weighted by Gasteiger charge is -2.20. The van der Waals surface area contributed by atoms with E-state index in [0.29, 0.717) is 16.9 Å². The fourth-order valence-corrected chi connectivity index (χ4v) is 2.74. The fourth-order valence-electron chi connectivity index (χ4n) is 2.34. The number of hydrogen-bond acceptors (Lipinski definition) is 4. The van der Waals surface area contributed by atoms with Gasteiger partial charge in [-0.05, 0) is 49.7 Å². The van der Waals surface area contributed by atoms with Crippen LogP contribution < -0.4 is 15.2 Å². The maximum Gasteiger partial charge on any atom is 0.251 e. The molecule has 0 bridgehead atoms. The van der Waals surface area contributed by atoms with Crippen LogP contribution in [0.3, 0.4) is 0 Å². The van der Waals surface area contributed by atoms with Crippen molar-refractivity contribution in [1.82, 2.24) is 5.32 Å². The molecule has 2 aromatic rings. The minimum atomic E-state index is -1.23. The summed E-state index contributed by atoms with van der Waals surface area (Å²) in [4.78, 5) is 23.5. The van der Waals surface area contributed by atoms with Crippen molar-refractivity contribution in [3.8, 4) is 5.75 Å². The number of ether oxygens (including phenoxy) is 1. The molecular weight excluding hydrogens is 386 g/mol. The van der Waals surface area contributed by atoms with Gasteiger partial charge < -0.3 is 20.0 Å². The SMILES string of the molecule is CC(C)Oc1ccc([C@H](CC(=O)[O-])NC(=O)c2cccc(Br)c2)cc1. The molecule has 0 aliphatic rings. The van der Waals surface area contributed by atoms with Gasteiger partial charge in [0, 0.05) is 22.4 Å². The van der Waals surface area contributed by atoms with Crippen molar-refractivity contribution < 1.29 is 19.4 Å². The zero-order chi connectivity index (χ0) is 18.4. The number of carboxylic acid groups (broad SMARTS) is 1. The molecule has 1 atom stereocenters. The number of hydrogen-bond donors (Lipinski definition) is 1. The Bertz CT molecular complexity index is 743.